The van der Waals surface area contributed by atoms with Gasteiger partial charge in [0.25, 0.3) is 0 Å². The number of carboxylic acids is 1. The highest BCUT2D eigenvalue weighted by Gasteiger charge is 2.10. The molecule has 1 aromatic rings. The smallest absolute Gasteiger partial charge is 0.355 e. The van der Waals surface area contributed by atoms with E-state index in [0.717, 1.165) is 6.42 Å². The lowest BCUT2D eigenvalue weighted by molar-refractivity contribution is 0.0691. The van der Waals surface area contributed by atoms with Crippen LogP contribution in [0.3, 0.4) is 0 Å². The highest BCUT2D eigenvalue weighted by Crippen LogP contribution is 2.09. The maximum absolute atomic E-state index is 11.5. The number of carboxylic acid groups (broad SMARTS) is 1. The number of carbonyl (C=O) groups is 2. The molecule has 0 saturated carbocycles. The number of carbonyl (C=O) groups excluding carboxylic acids is 1. The van der Waals surface area contributed by atoms with E-state index in [1.54, 1.807) is 7.11 Å². The number of amides is 2. The molecule has 1 unspecified atom stereocenters. The van der Waals surface area contributed by atoms with Gasteiger partial charge in [-0.15, -0.1) is 11.3 Å². The Morgan fingerprint density at radius 2 is 2.32 bits per heavy atom. The van der Waals surface area contributed by atoms with E-state index in [9.17, 15) is 9.59 Å². The van der Waals surface area contributed by atoms with Crippen molar-refractivity contribution in [2.75, 3.05) is 13.7 Å². The van der Waals surface area contributed by atoms with Gasteiger partial charge in [0.1, 0.15) is 5.01 Å². The third-order valence-electron chi connectivity index (χ3n) is 2.30. The lowest BCUT2D eigenvalue weighted by Gasteiger charge is -2.13. The predicted octanol–water partition coefficient (Wildman–Crippen LogP) is 1.07. The van der Waals surface area contributed by atoms with Gasteiger partial charge in [-0.25, -0.2) is 14.6 Å². The number of urea groups is 1. The van der Waals surface area contributed by atoms with Crippen molar-refractivity contribution in [3.63, 3.8) is 0 Å². The first-order chi connectivity index (χ1) is 9.02. The number of rotatable bonds is 7. The highest BCUT2D eigenvalue weighted by molar-refractivity contribution is 7.09. The molecule has 1 atom stereocenters. The van der Waals surface area contributed by atoms with E-state index < -0.39 is 5.97 Å². The molecule has 2 amide bonds. The number of aromatic nitrogens is 1. The van der Waals surface area contributed by atoms with E-state index in [4.69, 9.17) is 9.84 Å². The lowest BCUT2D eigenvalue weighted by atomic mass is 10.2. The van der Waals surface area contributed by atoms with E-state index in [1.165, 1.54) is 16.7 Å². The number of nitrogens with zero attached hydrogens (tertiary/aromatic N) is 1. The Labute approximate surface area is 115 Å². The number of nitrogens with one attached hydrogen (secondary N) is 2. The molecule has 0 radical (unpaired) electrons. The number of ether oxygens (including phenoxy) is 1. The minimum Gasteiger partial charge on any atom is -0.476 e. The van der Waals surface area contributed by atoms with Crippen molar-refractivity contribution >= 4 is 23.3 Å². The van der Waals surface area contributed by atoms with Crippen LogP contribution in [0.15, 0.2) is 5.38 Å². The van der Waals surface area contributed by atoms with Gasteiger partial charge in [0, 0.05) is 25.1 Å². The molecule has 106 valence electrons. The number of thiazole rings is 1. The molecule has 0 saturated heterocycles. The van der Waals surface area contributed by atoms with Gasteiger partial charge in [0.05, 0.1) is 6.54 Å². The Morgan fingerprint density at radius 3 is 2.89 bits per heavy atom. The van der Waals surface area contributed by atoms with Crippen molar-refractivity contribution in [1.29, 1.82) is 0 Å². The highest BCUT2D eigenvalue weighted by atomic mass is 32.1. The fourth-order valence-electron chi connectivity index (χ4n) is 1.29. The molecule has 0 aliphatic carbocycles. The van der Waals surface area contributed by atoms with Gasteiger partial charge < -0.3 is 20.5 Å². The van der Waals surface area contributed by atoms with Gasteiger partial charge >= 0.3 is 12.0 Å². The molecule has 0 aromatic carbocycles. The number of methoxy groups -OCH3 is 1. The fraction of sp³-hybridized carbons (Fsp3) is 0.545. The largest absolute Gasteiger partial charge is 0.476 e. The standard InChI is InChI=1S/C11H17N3O4S/c1-7(3-4-18-2)13-11(17)12-5-9-14-8(6-19-9)10(15)16/h6-7H,3-5H2,1-2H3,(H,15,16)(H2,12,13,17). The molecule has 0 fully saturated rings. The van der Waals surface area contributed by atoms with Crippen LogP contribution in [0.2, 0.25) is 0 Å². The summed E-state index contributed by atoms with van der Waals surface area (Å²) in [5.41, 5.74) is -0.00401. The van der Waals surface area contributed by atoms with E-state index in [1.807, 2.05) is 6.92 Å². The summed E-state index contributed by atoms with van der Waals surface area (Å²) in [6.07, 6.45) is 0.727. The Hall–Kier alpha value is -1.67. The Kier molecular flexibility index (Phi) is 6.23. The first-order valence-corrected chi connectivity index (χ1v) is 6.62. The third kappa shape index (κ3) is 5.66. The van der Waals surface area contributed by atoms with Crippen molar-refractivity contribution in [2.45, 2.75) is 25.9 Å². The Balaban J connectivity index is 2.31. The predicted molar refractivity (Wildman–Crippen MR) is 70.4 cm³/mol. The first-order valence-electron chi connectivity index (χ1n) is 5.74. The average Bonchev–Trinajstić information content (AvgIpc) is 2.83. The summed E-state index contributed by atoms with van der Waals surface area (Å²) in [6.45, 7) is 2.67. The molecule has 3 N–H and O–H groups in total. The van der Waals surface area contributed by atoms with Crippen LogP contribution in [-0.4, -0.2) is 41.8 Å². The second-order valence-electron chi connectivity index (χ2n) is 3.94. The normalized spacial score (nSPS) is 11.9. The van der Waals surface area contributed by atoms with Crippen LogP contribution >= 0.6 is 11.3 Å². The summed E-state index contributed by atoms with van der Waals surface area (Å²) >= 11 is 1.20. The molecule has 1 aromatic heterocycles. The molecular weight excluding hydrogens is 270 g/mol. The SMILES string of the molecule is COCCC(C)NC(=O)NCc1nc(C(=O)O)cs1. The average molecular weight is 287 g/mol. The Bertz CT molecular complexity index is 435. The quantitative estimate of drug-likeness (QED) is 0.696. The molecule has 19 heavy (non-hydrogen) atoms. The van der Waals surface area contributed by atoms with Crippen LogP contribution in [0.4, 0.5) is 4.79 Å². The van der Waals surface area contributed by atoms with Gasteiger partial charge in [0.2, 0.25) is 0 Å². The van der Waals surface area contributed by atoms with Gasteiger partial charge in [0.15, 0.2) is 5.69 Å². The van der Waals surface area contributed by atoms with Gasteiger partial charge in [-0.05, 0) is 13.3 Å². The monoisotopic (exact) mass is 287 g/mol. The van der Waals surface area contributed by atoms with Crippen molar-refractivity contribution in [1.82, 2.24) is 15.6 Å². The summed E-state index contributed by atoms with van der Waals surface area (Å²) in [5, 5.41) is 16.1. The topological polar surface area (TPSA) is 101 Å². The fourth-order valence-corrected chi connectivity index (χ4v) is 2.00. The second kappa shape index (κ2) is 7.70. The second-order valence-corrected chi connectivity index (χ2v) is 4.88. The molecular formula is C11H17N3O4S. The van der Waals surface area contributed by atoms with Crippen molar-refractivity contribution < 1.29 is 19.4 Å². The zero-order chi connectivity index (χ0) is 14.3. The lowest BCUT2D eigenvalue weighted by Crippen LogP contribution is -2.40. The molecule has 7 nitrogen and oxygen atoms in total. The van der Waals surface area contributed by atoms with Crippen molar-refractivity contribution in [3.05, 3.63) is 16.1 Å². The van der Waals surface area contributed by atoms with Crippen LogP contribution in [0, 0.1) is 0 Å². The summed E-state index contributed by atoms with van der Waals surface area (Å²) in [7, 11) is 1.61. The van der Waals surface area contributed by atoms with E-state index >= 15 is 0 Å². The molecule has 0 aliphatic heterocycles. The molecule has 0 aliphatic rings. The van der Waals surface area contributed by atoms with Crippen LogP contribution in [0.25, 0.3) is 0 Å². The molecule has 0 spiro atoms. The van der Waals surface area contributed by atoms with Gasteiger partial charge in [-0.1, -0.05) is 0 Å². The zero-order valence-corrected chi connectivity index (χ0v) is 11.6. The number of aromatic carboxylic acids is 1. The van der Waals surface area contributed by atoms with Crippen LogP contribution in [0.5, 0.6) is 0 Å². The first kappa shape index (κ1) is 15.4. The number of hydrogen-bond donors (Lipinski definition) is 3. The minimum absolute atomic E-state index is 0.00401. The summed E-state index contributed by atoms with van der Waals surface area (Å²) in [5.74, 6) is -1.07. The summed E-state index contributed by atoms with van der Waals surface area (Å²) in [4.78, 5) is 26.0. The van der Waals surface area contributed by atoms with Crippen molar-refractivity contribution in [3.8, 4) is 0 Å². The van der Waals surface area contributed by atoms with Gasteiger partial charge in [-0.3, -0.25) is 0 Å². The van der Waals surface area contributed by atoms with E-state index in [0.29, 0.717) is 11.6 Å². The molecule has 8 heteroatoms. The third-order valence-corrected chi connectivity index (χ3v) is 3.15. The van der Waals surface area contributed by atoms with E-state index in [-0.39, 0.29) is 24.3 Å². The maximum atomic E-state index is 11.5. The number of hydrogen-bond acceptors (Lipinski definition) is 5. The maximum Gasteiger partial charge on any atom is 0.355 e. The zero-order valence-electron chi connectivity index (χ0n) is 10.8. The molecule has 1 rings (SSSR count). The minimum atomic E-state index is -1.07. The Morgan fingerprint density at radius 1 is 1.58 bits per heavy atom. The summed E-state index contributed by atoms with van der Waals surface area (Å²) < 4.78 is 4.91. The van der Waals surface area contributed by atoms with Gasteiger partial charge in [-0.2, -0.15) is 0 Å². The van der Waals surface area contributed by atoms with Crippen LogP contribution in [0.1, 0.15) is 28.8 Å². The van der Waals surface area contributed by atoms with Crippen LogP contribution in [-0.2, 0) is 11.3 Å². The summed E-state index contributed by atoms with van der Waals surface area (Å²) in [6, 6.07) is -0.304. The van der Waals surface area contributed by atoms with Crippen LogP contribution < -0.4 is 10.6 Å². The van der Waals surface area contributed by atoms with E-state index in [2.05, 4.69) is 15.6 Å². The van der Waals surface area contributed by atoms with Crippen molar-refractivity contribution in [2.24, 2.45) is 0 Å². The molecule has 0 bridgehead atoms. The molecule has 1 heterocycles.